The van der Waals surface area contributed by atoms with Crippen LogP contribution in [0.2, 0.25) is 0 Å². The van der Waals surface area contributed by atoms with Crippen LogP contribution < -0.4 is 0 Å². The fourth-order valence-corrected chi connectivity index (χ4v) is 4.24. The average molecular weight is 291 g/mol. The first-order valence-corrected chi connectivity index (χ1v) is 7.94. The molecule has 2 aromatic carbocycles. The van der Waals surface area contributed by atoms with Crippen LogP contribution in [0.1, 0.15) is 35.1 Å². The Morgan fingerprint density at radius 2 is 1.68 bits per heavy atom. The molecule has 0 unspecified atom stereocenters. The lowest BCUT2D eigenvalue weighted by atomic mass is 9.61. The lowest BCUT2D eigenvalue weighted by molar-refractivity contribution is 0.211. The van der Waals surface area contributed by atoms with E-state index in [4.69, 9.17) is 0 Å². The van der Waals surface area contributed by atoms with Crippen molar-refractivity contribution in [3.05, 3.63) is 71.3 Å². The van der Waals surface area contributed by atoms with E-state index < -0.39 is 0 Å². The summed E-state index contributed by atoms with van der Waals surface area (Å²) in [6.45, 7) is 6.44. The molecule has 4 rings (SSSR count). The largest absolute Gasteiger partial charge is 0.507 e. The number of phenolic OH excluding ortho intramolecular Hbond substituents is 1. The van der Waals surface area contributed by atoms with E-state index in [-0.39, 0.29) is 5.41 Å². The van der Waals surface area contributed by atoms with E-state index >= 15 is 0 Å². The highest BCUT2D eigenvalue weighted by atomic mass is 16.3. The van der Waals surface area contributed by atoms with E-state index in [0.717, 1.165) is 37.1 Å². The Morgan fingerprint density at radius 1 is 1.00 bits per heavy atom. The molecule has 2 aliphatic rings. The smallest absolute Gasteiger partial charge is 0.123 e. The van der Waals surface area contributed by atoms with Crippen LogP contribution in [0.5, 0.6) is 5.75 Å². The van der Waals surface area contributed by atoms with Crippen LogP contribution >= 0.6 is 0 Å². The number of phenols is 1. The highest BCUT2D eigenvalue weighted by Crippen LogP contribution is 2.52. The lowest BCUT2D eigenvalue weighted by Gasteiger charge is -2.46. The molecule has 1 saturated heterocycles. The van der Waals surface area contributed by atoms with Crippen molar-refractivity contribution in [1.82, 2.24) is 4.90 Å². The molecule has 2 aromatic rings. The molecule has 1 spiro atoms. The number of likely N-dealkylation sites (tertiary alicyclic amines) is 1. The Hall–Kier alpha value is -2.06. The second kappa shape index (κ2) is 4.72. The summed E-state index contributed by atoms with van der Waals surface area (Å²) in [7, 11) is 2.18. The van der Waals surface area contributed by atoms with E-state index in [2.05, 4.69) is 48.9 Å². The first-order valence-electron chi connectivity index (χ1n) is 7.94. The Morgan fingerprint density at radius 3 is 2.45 bits per heavy atom. The van der Waals surface area contributed by atoms with Crippen LogP contribution in [0.3, 0.4) is 0 Å². The molecule has 1 heterocycles. The summed E-state index contributed by atoms with van der Waals surface area (Å²) in [6, 6.07) is 14.5. The number of rotatable bonds is 0. The van der Waals surface area contributed by atoms with Gasteiger partial charge in [0.1, 0.15) is 5.75 Å². The molecule has 1 aliphatic heterocycles. The van der Waals surface area contributed by atoms with Gasteiger partial charge < -0.3 is 10.0 Å². The van der Waals surface area contributed by atoms with E-state index in [1.54, 1.807) is 6.07 Å². The normalized spacial score (nSPS) is 19.8. The van der Waals surface area contributed by atoms with Crippen LogP contribution in [0.4, 0.5) is 0 Å². The van der Waals surface area contributed by atoms with Crippen molar-refractivity contribution in [1.29, 1.82) is 0 Å². The zero-order valence-corrected chi connectivity index (χ0v) is 13.0. The maximum absolute atomic E-state index is 10.4. The van der Waals surface area contributed by atoms with Gasteiger partial charge in [0.25, 0.3) is 0 Å². The predicted molar refractivity (Wildman–Crippen MR) is 90.2 cm³/mol. The summed E-state index contributed by atoms with van der Waals surface area (Å²) >= 11 is 0. The predicted octanol–water partition coefficient (Wildman–Crippen LogP) is 3.78. The molecule has 0 atom stereocenters. The first kappa shape index (κ1) is 13.6. The number of fused-ring (bicyclic) bond motifs is 4. The van der Waals surface area contributed by atoms with Gasteiger partial charge in [0.15, 0.2) is 0 Å². The molecule has 0 saturated carbocycles. The highest BCUT2D eigenvalue weighted by molar-refractivity contribution is 5.89. The second-order valence-electron chi connectivity index (χ2n) is 6.61. The zero-order valence-electron chi connectivity index (χ0n) is 13.0. The molecule has 0 radical (unpaired) electrons. The Balaban J connectivity index is 2.02. The van der Waals surface area contributed by atoms with E-state index in [1.165, 1.54) is 16.7 Å². The van der Waals surface area contributed by atoms with Gasteiger partial charge in [-0.3, -0.25) is 0 Å². The highest BCUT2D eigenvalue weighted by Gasteiger charge is 2.43. The minimum atomic E-state index is 0.0123. The van der Waals surface area contributed by atoms with Crippen LogP contribution in [0, 0.1) is 0 Å². The van der Waals surface area contributed by atoms with Crippen molar-refractivity contribution < 1.29 is 5.11 Å². The molecule has 22 heavy (non-hydrogen) atoms. The SMILES string of the molecule is C=C1c2ccccc2C2(CCN(C)CC2)c2cccc(O)c21. The van der Waals surface area contributed by atoms with E-state index in [9.17, 15) is 5.11 Å². The van der Waals surface area contributed by atoms with Gasteiger partial charge in [-0.25, -0.2) is 0 Å². The number of hydrogen-bond acceptors (Lipinski definition) is 2. The number of aromatic hydroxyl groups is 1. The molecule has 1 fully saturated rings. The maximum Gasteiger partial charge on any atom is 0.123 e. The number of benzene rings is 2. The summed E-state index contributed by atoms with van der Waals surface area (Å²) in [5.74, 6) is 0.357. The molecule has 0 amide bonds. The third-order valence-corrected chi connectivity index (χ3v) is 5.47. The quantitative estimate of drug-likeness (QED) is 0.798. The van der Waals surface area contributed by atoms with Gasteiger partial charge in [-0.1, -0.05) is 43.0 Å². The minimum absolute atomic E-state index is 0.0123. The second-order valence-corrected chi connectivity index (χ2v) is 6.61. The summed E-state index contributed by atoms with van der Waals surface area (Å²) < 4.78 is 0. The third-order valence-electron chi connectivity index (χ3n) is 5.47. The van der Waals surface area contributed by atoms with Gasteiger partial charge in [0.2, 0.25) is 0 Å². The molecular formula is C20H21NO. The van der Waals surface area contributed by atoms with Crippen LogP contribution in [-0.2, 0) is 5.41 Å². The van der Waals surface area contributed by atoms with Crippen LogP contribution in [0.15, 0.2) is 49.0 Å². The summed E-state index contributed by atoms with van der Waals surface area (Å²) in [5, 5.41) is 10.4. The van der Waals surface area contributed by atoms with Crippen molar-refractivity contribution in [3.8, 4) is 5.75 Å². The molecular weight excluding hydrogens is 270 g/mol. The van der Waals surface area contributed by atoms with E-state index in [1.807, 2.05) is 6.07 Å². The topological polar surface area (TPSA) is 23.5 Å². The molecule has 1 N–H and O–H groups in total. The van der Waals surface area contributed by atoms with Crippen molar-refractivity contribution in [2.75, 3.05) is 20.1 Å². The first-order chi connectivity index (χ1) is 10.6. The van der Waals surface area contributed by atoms with Crippen molar-refractivity contribution in [2.45, 2.75) is 18.3 Å². The van der Waals surface area contributed by atoms with Gasteiger partial charge in [0.05, 0.1) is 0 Å². The lowest BCUT2D eigenvalue weighted by Crippen LogP contribution is -2.43. The van der Waals surface area contributed by atoms with Crippen LogP contribution in [-0.4, -0.2) is 30.1 Å². The Bertz CT molecular complexity index is 754. The average Bonchev–Trinajstić information content (AvgIpc) is 2.55. The monoisotopic (exact) mass is 291 g/mol. The summed E-state index contributed by atoms with van der Waals surface area (Å²) in [5.41, 5.74) is 5.74. The van der Waals surface area contributed by atoms with Crippen molar-refractivity contribution in [3.63, 3.8) is 0 Å². The van der Waals surface area contributed by atoms with Gasteiger partial charge in [-0.2, -0.15) is 0 Å². The Labute approximate surface area is 131 Å². The minimum Gasteiger partial charge on any atom is -0.507 e. The van der Waals surface area contributed by atoms with Crippen molar-refractivity contribution in [2.24, 2.45) is 0 Å². The van der Waals surface area contributed by atoms with Crippen molar-refractivity contribution >= 4 is 5.57 Å². The number of piperidine rings is 1. The Kier molecular flexibility index (Phi) is 2.92. The van der Waals surface area contributed by atoms with Gasteiger partial charge in [0, 0.05) is 11.0 Å². The number of hydrogen-bond donors (Lipinski definition) is 1. The van der Waals surface area contributed by atoms with Gasteiger partial charge in [-0.05, 0) is 61.3 Å². The fourth-order valence-electron chi connectivity index (χ4n) is 4.24. The number of nitrogens with zero attached hydrogens (tertiary/aromatic N) is 1. The molecule has 112 valence electrons. The zero-order chi connectivity index (χ0) is 15.3. The fraction of sp³-hybridized carbons (Fsp3) is 0.300. The van der Waals surface area contributed by atoms with Gasteiger partial charge >= 0.3 is 0 Å². The molecule has 0 aromatic heterocycles. The van der Waals surface area contributed by atoms with Gasteiger partial charge in [-0.15, -0.1) is 0 Å². The third kappa shape index (κ3) is 1.71. The molecule has 2 heteroatoms. The standard InChI is InChI=1S/C20H21NO/c1-14-15-6-3-4-7-16(15)20(10-12-21(2)13-11-20)17-8-5-9-18(22)19(14)17/h3-9,22H,1,10-13H2,2H3. The van der Waals surface area contributed by atoms with E-state index in [0.29, 0.717) is 5.75 Å². The summed E-state index contributed by atoms with van der Waals surface area (Å²) in [4.78, 5) is 2.39. The maximum atomic E-state index is 10.4. The molecule has 1 aliphatic carbocycles. The summed E-state index contributed by atoms with van der Waals surface area (Å²) in [6.07, 6.45) is 2.18. The molecule has 0 bridgehead atoms. The molecule has 2 nitrogen and oxygen atoms in total. The van der Waals surface area contributed by atoms with Crippen LogP contribution in [0.25, 0.3) is 5.57 Å².